The summed E-state index contributed by atoms with van der Waals surface area (Å²) in [6, 6.07) is -1.28. The Morgan fingerprint density at radius 3 is 2.58 bits per heavy atom. The van der Waals surface area contributed by atoms with Crippen molar-refractivity contribution < 1.29 is 36.5 Å². The third-order valence-electron chi connectivity index (χ3n) is 10.7. The third kappa shape index (κ3) is 6.40. The van der Waals surface area contributed by atoms with Gasteiger partial charge in [-0.25, -0.2) is 18.3 Å². The molecule has 2 aliphatic carbocycles. The fraction of sp³-hybridized carbons (Fsp3) is 0.733. The first kappa shape index (κ1) is 32.9. The van der Waals surface area contributed by atoms with E-state index in [-0.39, 0.29) is 61.5 Å². The molecule has 48 heavy (non-hydrogen) atoms. The van der Waals surface area contributed by atoms with Crippen molar-refractivity contribution in [2.75, 3.05) is 38.1 Å². The molecule has 7 rings (SSSR count). The molecule has 4 atom stereocenters. The number of aromatic nitrogens is 4. The highest BCUT2D eigenvalue weighted by Gasteiger charge is 2.51. The zero-order valence-electron chi connectivity index (χ0n) is 26.7. The van der Waals surface area contributed by atoms with E-state index in [0.29, 0.717) is 30.3 Å². The van der Waals surface area contributed by atoms with Crippen LogP contribution in [0.15, 0.2) is 11.4 Å². The van der Waals surface area contributed by atoms with Crippen molar-refractivity contribution in [1.29, 1.82) is 0 Å². The first-order valence-corrected chi connectivity index (χ1v) is 16.5. The molecule has 2 aromatic heterocycles. The highest BCUT2D eigenvalue weighted by atomic mass is 19.4. The lowest BCUT2D eigenvalue weighted by Gasteiger charge is -2.41. The number of anilines is 1. The fourth-order valence-electron chi connectivity index (χ4n) is 7.46. The van der Waals surface area contributed by atoms with Crippen LogP contribution in [0, 0.1) is 17.8 Å². The summed E-state index contributed by atoms with van der Waals surface area (Å²) in [5.74, 6) is -6.17. The van der Waals surface area contributed by atoms with Gasteiger partial charge in [0.1, 0.15) is 5.69 Å². The number of rotatable bonds is 7. The Morgan fingerprint density at radius 2 is 1.92 bits per heavy atom. The average molecular weight is 683 g/mol. The van der Waals surface area contributed by atoms with Crippen molar-refractivity contribution in [2.45, 2.75) is 88.0 Å². The number of nitrogens with zero attached hydrogens (tertiary/aromatic N) is 7. The zero-order valence-corrected chi connectivity index (χ0v) is 26.7. The van der Waals surface area contributed by atoms with Crippen molar-refractivity contribution in [3.05, 3.63) is 17.6 Å². The summed E-state index contributed by atoms with van der Waals surface area (Å²) in [6.45, 7) is 3.21. The summed E-state index contributed by atoms with van der Waals surface area (Å²) in [5.41, 5.74) is 3.37. The van der Waals surface area contributed by atoms with Crippen molar-refractivity contribution >= 4 is 29.1 Å². The summed E-state index contributed by atoms with van der Waals surface area (Å²) in [6.07, 6.45) is -1.70. The van der Waals surface area contributed by atoms with E-state index < -0.39 is 54.4 Å². The minimum Gasteiger partial charge on any atom is -0.355 e. The lowest BCUT2D eigenvalue weighted by Crippen LogP contribution is -2.54. The Hall–Kier alpha value is -3.67. The molecule has 0 bridgehead atoms. The molecule has 0 radical (unpaired) electrons. The maximum Gasteiger partial charge on any atom is 0.393 e. The van der Waals surface area contributed by atoms with Gasteiger partial charge < -0.3 is 15.5 Å². The lowest BCUT2D eigenvalue weighted by atomic mass is 9.81. The monoisotopic (exact) mass is 682 g/mol. The van der Waals surface area contributed by atoms with Crippen LogP contribution in [-0.4, -0.2) is 98.9 Å². The summed E-state index contributed by atoms with van der Waals surface area (Å²) < 4.78 is 70.8. The SMILES string of the molecule is CC1NON=C1C(=O)NC(c1cn2nc(CC3CC(C(F)(F)F)CNC3=O)c(N3CCN(C)C4(CC4)C3)nc2n1)C1CCC(F)(F)CC1. The molecule has 1 spiro atoms. The number of carbonyl (C=O) groups excluding carboxylic acids is 2. The Labute approximate surface area is 273 Å². The molecule has 2 saturated carbocycles. The number of piperazine rings is 1. The van der Waals surface area contributed by atoms with Gasteiger partial charge in [-0.05, 0) is 52.0 Å². The minimum atomic E-state index is -4.45. The van der Waals surface area contributed by atoms with Crippen LogP contribution in [0.1, 0.15) is 69.3 Å². The van der Waals surface area contributed by atoms with Gasteiger partial charge in [-0.3, -0.25) is 19.4 Å². The molecule has 4 unspecified atom stereocenters. The number of piperidine rings is 1. The highest BCUT2D eigenvalue weighted by Crippen LogP contribution is 2.45. The number of oxime groups is 1. The summed E-state index contributed by atoms with van der Waals surface area (Å²) in [5, 5.41) is 13.9. The van der Waals surface area contributed by atoms with Gasteiger partial charge in [-0.1, -0.05) is 5.16 Å². The minimum absolute atomic E-state index is 0.0232. The Balaban J connectivity index is 1.24. The van der Waals surface area contributed by atoms with E-state index in [1.54, 1.807) is 13.1 Å². The van der Waals surface area contributed by atoms with E-state index in [4.69, 9.17) is 20.0 Å². The summed E-state index contributed by atoms with van der Waals surface area (Å²) >= 11 is 0. The molecular formula is C30H39F5N10O3. The van der Waals surface area contributed by atoms with Crippen LogP contribution in [-0.2, 0) is 20.9 Å². The van der Waals surface area contributed by atoms with Gasteiger partial charge in [-0.15, -0.1) is 5.48 Å². The summed E-state index contributed by atoms with van der Waals surface area (Å²) in [4.78, 5) is 44.9. The predicted molar refractivity (Wildman–Crippen MR) is 161 cm³/mol. The van der Waals surface area contributed by atoms with Gasteiger partial charge in [0.25, 0.3) is 11.7 Å². The molecule has 2 saturated heterocycles. The van der Waals surface area contributed by atoms with Crippen LogP contribution >= 0.6 is 0 Å². The number of hydrogen-bond donors (Lipinski definition) is 3. The molecule has 262 valence electrons. The van der Waals surface area contributed by atoms with Crippen molar-refractivity contribution in [3.63, 3.8) is 0 Å². The van der Waals surface area contributed by atoms with E-state index >= 15 is 0 Å². The number of imidazole rings is 1. The Bertz CT molecular complexity index is 1600. The number of amides is 2. The van der Waals surface area contributed by atoms with Gasteiger partial charge >= 0.3 is 6.18 Å². The van der Waals surface area contributed by atoms with Gasteiger partial charge in [0, 0.05) is 56.9 Å². The van der Waals surface area contributed by atoms with Gasteiger partial charge in [-0.2, -0.15) is 23.3 Å². The number of carbonyl (C=O) groups is 2. The van der Waals surface area contributed by atoms with E-state index in [9.17, 15) is 31.5 Å². The van der Waals surface area contributed by atoms with Crippen LogP contribution in [0.4, 0.5) is 27.8 Å². The van der Waals surface area contributed by atoms with Crippen LogP contribution in [0.5, 0.6) is 0 Å². The molecule has 0 aromatic carbocycles. The molecule has 13 nitrogen and oxygen atoms in total. The number of likely N-dealkylation sites (N-methyl/N-ethyl adjacent to an activating group) is 1. The van der Waals surface area contributed by atoms with Gasteiger partial charge in [0.2, 0.25) is 11.8 Å². The smallest absolute Gasteiger partial charge is 0.355 e. The first-order valence-electron chi connectivity index (χ1n) is 16.5. The fourth-order valence-corrected chi connectivity index (χ4v) is 7.46. The number of hydrogen-bond acceptors (Lipinski definition) is 10. The molecule has 3 N–H and O–H groups in total. The average Bonchev–Trinajstić information content (AvgIpc) is 3.46. The van der Waals surface area contributed by atoms with Gasteiger partial charge in [0.05, 0.1) is 29.9 Å². The van der Waals surface area contributed by atoms with Crippen LogP contribution in [0.2, 0.25) is 0 Å². The lowest BCUT2D eigenvalue weighted by molar-refractivity contribution is -0.183. The Kier molecular flexibility index (Phi) is 8.24. The molecule has 18 heteroatoms. The number of hydroxylamine groups is 1. The number of nitrogens with one attached hydrogen (secondary N) is 3. The van der Waals surface area contributed by atoms with Crippen LogP contribution in [0.3, 0.4) is 0 Å². The molecular weight excluding hydrogens is 643 g/mol. The molecule has 4 fully saturated rings. The summed E-state index contributed by atoms with van der Waals surface area (Å²) in [7, 11) is 2.07. The Morgan fingerprint density at radius 1 is 1.17 bits per heavy atom. The van der Waals surface area contributed by atoms with Crippen LogP contribution in [0.25, 0.3) is 5.78 Å². The maximum absolute atomic E-state index is 14.2. The van der Waals surface area contributed by atoms with E-state index in [2.05, 4.69) is 38.1 Å². The standard InChI is InChI=1S/C30H39F5N10O3/c1-16-22(42-48-41-16)26(47)38-23(17-3-5-29(31,32)6-4-17)21-14-45-27(37-21)39-24(44-10-9-43(2)28(15-44)7-8-28)20(40-45)12-18-11-19(30(33,34)35)13-36-25(18)46/h14,16-19,23,41H,3-13,15H2,1-2H3,(H,36,46)(H,38,47). The number of fused-ring (bicyclic) bond motifs is 1. The number of alkyl halides is 5. The predicted octanol–water partition coefficient (Wildman–Crippen LogP) is 2.53. The molecule has 3 aliphatic heterocycles. The van der Waals surface area contributed by atoms with Crippen molar-refractivity contribution in [3.8, 4) is 0 Å². The maximum atomic E-state index is 14.2. The second-order valence-corrected chi connectivity index (χ2v) is 14.0. The zero-order chi connectivity index (χ0) is 34.0. The second kappa shape index (κ2) is 12.0. The molecule has 2 aromatic rings. The largest absolute Gasteiger partial charge is 0.393 e. The first-order chi connectivity index (χ1) is 22.7. The molecule has 5 aliphatic rings. The third-order valence-corrected chi connectivity index (χ3v) is 10.7. The van der Waals surface area contributed by atoms with E-state index in [1.807, 2.05) is 0 Å². The van der Waals surface area contributed by atoms with E-state index in [0.717, 1.165) is 19.4 Å². The van der Waals surface area contributed by atoms with Crippen molar-refractivity contribution in [2.24, 2.45) is 22.9 Å². The number of halogens is 5. The van der Waals surface area contributed by atoms with Gasteiger partial charge in [0.15, 0.2) is 11.5 Å². The highest BCUT2D eigenvalue weighted by molar-refractivity contribution is 6.40. The molecule has 2 amide bonds. The second-order valence-electron chi connectivity index (χ2n) is 14.0. The topological polar surface area (TPSA) is 141 Å². The normalized spacial score (nSPS) is 28.2. The van der Waals surface area contributed by atoms with E-state index in [1.165, 1.54) is 4.52 Å². The van der Waals surface area contributed by atoms with Crippen molar-refractivity contribution in [1.82, 2.24) is 40.6 Å². The quantitative estimate of drug-likeness (QED) is 0.376. The molecule has 5 heterocycles. The van der Waals surface area contributed by atoms with Crippen LogP contribution < -0.4 is 21.0 Å².